The van der Waals surface area contributed by atoms with Crippen molar-refractivity contribution in [2.45, 2.75) is 26.5 Å². The third-order valence-electron chi connectivity index (χ3n) is 3.47. The number of hydrogen-bond acceptors (Lipinski definition) is 6. The lowest BCUT2D eigenvalue weighted by Gasteiger charge is -2.10. The van der Waals surface area contributed by atoms with E-state index < -0.39 is 0 Å². The third kappa shape index (κ3) is 10.4. The second-order valence-electron chi connectivity index (χ2n) is 5.81. The fraction of sp³-hybridized carbons (Fsp3) is 0.250. The van der Waals surface area contributed by atoms with Gasteiger partial charge in [-0.15, -0.1) is 18.3 Å². The minimum atomic E-state index is -0.268. The van der Waals surface area contributed by atoms with E-state index in [1.807, 2.05) is 39.0 Å². The number of nitrogens with one attached hydrogen (secondary N) is 2. The Kier molecular flexibility index (Phi) is 14.0. The van der Waals surface area contributed by atoms with E-state index in [9.17, 15) is 4.79 Å². The van der Waals surface area contributed by atoms with E-state index in [1.54, 1.807) is 30.3 Å². The standard InChI is InChI=1S/C19H21N3O3S.C3H6.C2H6/c1-12(20)18(21)26-11-13-5-4-6-15(7-13)22-19(23)14-8-16(24-2)10-17(9-14)25-3;1-3-2;1-2/h4-10,21H,1,11,20H2,2-3H3,(H,22,23);3H,1H2,2H3;1-2H3. The zero-order valence-electron chi connectivity index (χ0n) is 19.0. The monoisotopic (exact) mass is 443 g/mol. The topological polar surface area (TPSA) is 97.4 Å². The first-order valence-corrected chi connectivity index (χ1v) is 10.7. The van der Waals surface area contributed by atoms with Crippen LogP contribution in [0.3, 0.4) is 0 Å². The van der Waals surface area contributed by atoms with E-state index in [-0.39, 0.29) is 16.6 Å². The fourth-order valence-electron chi connectivity index (χ4n) is 2.13. The Morgan fingerprint density at radius 1 is 1.16 bits per heavy atom. The Morgan fingerprint density at radius 2 is 1.71 bits per heavy atom. The van der Waals surface area contributed by atoms with Crippen LogP contribution in [0.5, 0.6) is 11.5 Å². The molecule has 0 aliphatic rings. The van der Waals surface area contributed by atoms with Gasteiger partial charge < -0.3 is 20.5 Å². The molecule has 31 heavy (non-hydrogen) atoms. The van der Waals surface area contributed by atoms with Crippen LogP contribution in [-0.4, -0.2) is 25.2 Å². The molecule has 1 amide bonds. The summed E-state index contributed by atoms with van der Waals surface area (Å²) in [6.07, 6.45) is 1.75. The number of anilines is 1. The molecule has 0 radical (unpaired) electrons. The first kappa shape index (κ1) is 27.8. The highest BCUT2D eigenvalue weighted by atomic mass is 32.2. The largest absolute Gasteiger partial charge is 0.497 e. The molecule has 0 fully saturated rings. The smallest absolute Gasteiger partial charge is 0.255 e. The molecule has 4 N–H and O–H groups in total. The molecule has 0 aromatic heterocycles. The van der Waals surface area contributed by atoms with Gasteiger partial charge in [0.15, 0.2) is 0 Å². The van der Waals surface area contributed by atoms with Crippen molar-refractivity contribution in [1.82, 2.24) is 0 Å². The lowest BCUT2D eigenvalue weighted by molar-refractivity contribution is 0.102. The minimum absolute atomic E-state index is 0.239. The SMILES string of the molecule is C=C(N)C(=N)SCc1cccc(NC(=O)c2cc(OC)cc(OC)c2)c1.C=CC.CC. The summed E-state index contributed by atoms with van der Waals surface area (Å²) in [5.41, 5.74) is 7.79. The number of nitrogens with two attached hydrogens (primary N) is 1. The van der Waals surface area contributed by atoms with Crippen molar-refractivity contribution in [1.29, 1.82) is 5.41 Å². The maximum Gasteiger partial charge on any atom is 0.255 e. The first-order valence-electron chi connectivity index (χ1n) is 9.71. The molecule has 0 saturated carbocycles. The molecule has 168 valence electrons. The van der Waals surface area contributed by atoms with Gasteiger partial charge in [0.1, 0.15) is 16.5 Å². The van der Waals surface area contributed by atoms with Crippen molar-refractivity contribution in [2.75, 3.05) is 19.5 Å². The number of rotatable bonds is 7. The number of thioether (sulfide) groups is 1. The van der Waals surface area contributed by atoms with Gasteiger partial charge in [-0.05, 0) is 36.8 Å². The van der Waals surface area contributed by atoms with Crippen molar-refractivity contribution < 1.29 is 14.3 Å². The number of allylic oxidation sites excluding steroid dienone is 1. The number of hydrogen-bond donors (Lipinski definition) is 3. The van der Waals surface area contributed by atoms with Crippen LogP contribution in [0.1, 0.15) is 36.7 Å². The molecule has 0 spiro atoms. The highest BCUT2D eigenvalue weighted by Gasteiger charge is 2.11. The van der Waals surface area contributed by atoms with Crippen molar-refractivity contribution in [3.63, 3.8) is 0 Å². The van der Waals surface area contributed by atoms with Gasteiger partial charge in [0.2, 0.25) is 0 Å². The average Bonchev–Trinajstić information content (AvgIpc) is 2.79. The summed E-state index contributed by atoms with van der Waals surface area (Å²) < 4.78 is 10.4. The van der Waals surface area contributed by atoms with E-state index in [1.165, 1.54) is 26.0 Å². The molecule has 0 bridgehead atoms. The highest BCUT2D eigenvalue weighted by molar-refractivity contribution is 8.13. The molecule has 0 aliphatic heterocycles. The summed E-state index contributed by atoms with van der Waals surface area (Å²) in [4.78, 5) is 12.5. The Morgan fingerprint density at radius 3 is 2.19 bits per heavy atom. The zero-order chi connectivity index (χ0) is 23.8. The fourth-order valence-corrected chi connectivity index (χ4v) is 2.80. The van der Waals surface area contributed by atoms with Crippen molar-refractivity contribution in [3.8, 4) is 11.5 Å². The number of benzene rings is 2. The minimum Gasteiger partial charge on any atom is -0.497 e. The Balaban J connectivity index is 0.00000165. The summed E-state index contributed by atoms with van der Waals surface area (Å²) in [6.45, 7) is 12.8. The molecule has 2 rings (SSSR count). The molecule has 2 aromatic carbocycles. The summed E-state index contributed by atoms with van der Waals surface area (Å²) in [7, 11) is 3.07. The first-order chi connectivity index (χ1) is 14.8. The normalized spacial score (nSPS) is 9.06. The van der Waals surface area contributed by atoms with Gasteiger partial charge in [-0.1, -0.05) is 38.6 Å². The number of amides is 1. The van der Waals surface area contributed by atoms with Crippen LogP contribution < -0.4 is 20.5 Å². The Labute approximate surface area is 190 Å². The summed E-state index contributed by atoms with van der Waals surface area (Å²) in [6, 6.07) is 12.4. The second kappa shape index (κ2) is 15.6. The van der Waals surface area contributed by atoms with E-state index >= 15 is 0 Å². The predicted octanol–water partition coefficient (Wildman–Crippen LogP) is 5.86. The molecular formula is C24H33N3O3S. The Hall–Kier alpha value is -3.19. The van der Waals surface area contributed by atoms with E-state index in [4.69, 9.17) is 20.6 Å². The van der Waals surface area contributed by atoms with Crippen LogP contribution in [0.25, 0.3) is 0 Å². The molecule has 0 aliphatic carbocycles. The maximum absolute atomic E-state index is 12.5. The quantitative estimate of drug-likeness (QED) is 0.283. The summed E-state index contributed by atoms with van der Waals surface area (Å²) in [5, 5.41) is 10.8. The lowest BCUT2D eigenvalue weighted by Crippen LogP contribution is -2.12. The van der Waals surface area contributed by atoms with Crippen LogP contribution >= 0.6 is 11.8 Å². The van der Waals surface area contributed by atoms with Crippen LogP contribution in [0.15, 0.2) is 67.4 Å². The van der Waals surface area contributed by atoms with Gasteiger partial charge in [-0.25, -0.2) is 0 Å². The molecule has 0 heterocycles. The predicted molar refractivity (Wildman–Crippen MR) is 134 cm³/mol. The Bertz CT molecular complexity index is 860. The molecular weight excluding hydrogens is 410 g/mol. The van der Waals surface area contributed by atoms with Gasteiger partial charge >= 0.3 is 0 Å². The second-order valence-corrected chi connectivity index (χ2v) is 6.79. The van der Waals surface area contributed by atoms with E-state index in [2.05, 4.69) is 18.5 Å². The van der Waals surface area contributed by atoms with Gasteiger partial charge in [0.25, 0.3) is 5.91 Å². The third-order valence-corrected chi connectivity index (χ3v) is 4.50. The van der Waals surface area contributed by atoms with Gasteiger partial charge in [0, 0.05) is 23.1 Å². The highest BCUT2D eigenvalue weighted by Crippen LogP contribution is 2.24. The van der Waals surface area contributed by atoms with E-state index in [0.29, 0.717) is 28.5 Å². The number of carbonyl (C=O) groups excluding carboxylic acids is 1. The maximum atomic E-state index is 12.5. The molecule has 7 heteroatoms. The van der Waals surface area contributed by atoms with Gasteiger partial charge in [-0.3, -0.25) is 10.2 Å². The van der Waals surface area contributed by atoms with Crippen LogP contribution in [0.2, 0.25) is 0 Å². The van der Waals surface area contributed by atoms with Gasteiger partial charge in [0.05, 0.1) is 19.9 Å². The number of ether oxygens (including phenoxy) is 2. The van der Waals surface area contributed by atoms with Crippen molar-refractivity contribution in [3.05, 3.63) is 78.5 Å². The number of methoxy groups -OCH3 is 2. The zero-order valence-corrected chi connectivity index (χ0v) is 19.8. The van der Waals surface area contributed by atoms with Gasteiger partial charge in [-0.2, -0.15) is 0 Å². The van der Waals surface area contributed by atoms with Crippen LogP contribution in [0, 0.1) is 5.41 Å². The lowest BCUT2D eigenvalue weighted by atomic mass is 10.1. The molecule has 2 aromatic rings. The summed E-state index contributed by atoms with van der Waals surface area (Å²) in [5.74, 6) is 1.38. The van der Waals surface area contributed by atoms with Crippen molar-refractivity contribution in [2.24, 2.45) is 5.73 Å². The van der Waals surface area contributed by atoms with Crippen LogP contribution in [-0.2, 0) is 5.75 Å². The molecule has 0 saturated heterocycles. The molecule has 0 unspecified atom stereocenters. The van der Waals surface area contributed by atoms with E-state index in [0.717, 1.165) is 5.56 Å². The number of carbonyl (C=O) groups is 1. The summed E-state index contributed by atoms with van der Waals surface area (Å²) >= 11 is 1.28. The molecule has 6 nitrogen and oxygen atoms in total. The van der Waals surface area contributed by atoms with Crippen molar-refractivity contribution >= 4 is 28.4 Å². The average molecular weight is 444 g/mol. The van der Waals surface area contributed by atoms with Crippen LogP contribution in [0.4, 0.5) is 5.69 Å². The molecule has 0 atom stereocenters.